The van der Waals surface area contributed by atoms with Gasteiger partial charge >= 0.3 is 0 Å². The van der Waals surface area contributed by atoms with Gasteiger partial charge in [-0.15, -0.1) is 0 Å². The van der Waals surface area contributed by atoms with Crippen molar-refractivity contribution in [2.24, 2.45) is 0 Å². The Kier molecular flexibility index (Phi) is 6.40. The minimum atomic E-state index is 0.363. The number of nitrogens with zero attached hydrogens (tertiary/aromatic N) is 1. The number of ether oxygens (including phenoxy) is 1. The monoisotopic (exact) mass is 237 g/mol. The SMILES string of the molecule is CCCC(COC)Nc1ccnc(NCC)c1. The summed E-state index contributed by atoms with van der Waals surface area (Å²) in [7, 11) is 1.74. The first-order valence-corrected chi connectivity index (χ1v) is 6.25. The van der Waals surface area contributed by atoms with E-state index in [0.29, 0.717) is 6.04 Å². The van der Waals surface area contributed by atoms with Crippen LogP contribution in [0.1, 0.15) is 26.7 Å². The van der Waals surface area contributed by atoms with Crippen LogP contribution in [0.4, 0.5) is 11.5 Å². The summed E-state index contributed by atoms with van der Waals surface area (Å²) in [6.45, 7) is 5.85. The fourth-order valence-electron chi connectivity index (χ4n) is 1.78. The highest BCUT2D eigenvalue weighted by atomic mass is 16.5. The van der Waals surface area contributed by atoms with Crippen molar-refractivity contribution in [3.8, 4) is 0 Å². The molecule has 1 heterocycles. The van der Waals surface area contributed by atoms with Gasteiger partial charge in [0, 0.05) is 37.6 Å². The molecular formula is C13H23N3O. The second-order valence-corrected chi connectivity index (χ2v) is 4.05. The average molecular weight is 237 g/mol. The average Bonchev–Trinajstić information content (AvgIpc) is 2.30. The topological polar surface area (TPSA) is 46.2 Å². The van der Waals surface area contributed by atoms with Gasteiger partial charge in [-0.25, -0.2) is 4.98 Å². The van der Waals surface area contributed by atoms with E-state index in [1.807, 2.05) is 18.3 Å². The van der Waals surface area contributed by atoms with Gasteiger partial charge in [-0.3, -0.25) is 0 Å². The molecule has 0 aliphatic carbocycles. The maximum Gasteiger partial charge on any atom is 0.127 e. The van der Waals surface area contributed by atoms with Gasteiger partial charge in [0.2, 0.25) is 0 Å². The first kappa shape index (κ1) is 13.8. The van der Waals surface area contributed by atoms with Crippen LogP contribution in [-0.2, 0) is 4.74 Å². The highest BCUT2D eigenvalue weighted by Crippen LogP contribution is 2.14. The van der Waals surface area contributed by atoms with E-state index >= 15 is 0 Å². The Morgan fingerprint density at radius 3 is 2.88 bits per heavy atom. The van der Waals surface area contributed by atoms with Gasteiger partial charge in [-0.05, 0) is 19.4 Å². The fourth-order valence-corrected chi connectivity index (χ4v) is 1.78. The van der Waals surface area contributed by atoms with Gasteiger partial charge in [0.15, 0.2) is 0 Å². The molecule has 96 valence electrons. The van der Waals surface area contributed by atoms with Crippen LogP contribution < -0.4 is 10.6 Å². The van der Waals surface area contributed by atoms with Crippen molar-refractivity contribution in [1.82, 2.24) is 4.98 Å². The van der Waals surface area contributed by atoms with Crippen LogP contribution >= 0.6 is 0 Å². The van der Waals surface area contributed by atoms with E-state index in [2.05, 4.69) is 29.5 Å². The van der Waals surface area contributed by atoms with E-state index < -0.39 is 0 Å². The second kappa shape index (κ2) is 7.90. The van der Waals surface area contributed by atoms with Gasteiger partial charge in [-0.2, -0.15) is 0 Å². The lowest BCUT2D eigenvalue weighted by molar-refractivity contribution is 0.182. The van der Waals surface area contributed by atoms with Crippen LogP contribution in [0.5, 0.6) is 0 Å². The van der Waals surface area contributed by atoms with E-state index in [-0.39, 0.29) is 0 Å². The predicted octanol–water partition coefficient (Wildman–Crippen LogP) is 2.74. The zero-order chi connectivity index (χ0) is 12.5. The number of anilines is 2. The molecule has 1 aromatic heterocycles. The van der Waals surface area contributed by atoms with Gasteiger partial charge in [0.05, 0.1) is 6.61 Å². The van der Waals surface area contributed by atoms with Crippen LogP contribution in [0.3, 0.4) is 0 Å². The van der Waals surface area contributed by atoms with Crippen LogP contribution in [0.2, 0.25) is 0 Å². The molecule has 4 heteroatoms. The lowest BCUT2D eigenvalue weighted by atomic mass is 10.1. The van der Waals surface area contributed by atoms with Gasteiger partial charge in [0.1, 0.15) is 5.82 Å². The van der Waals surface area contributed by atoms with Crippen LogP contribution in [-0.4, -0.2) is 31.3 Å². The number of methoxy groups -OCH3 is 1. The van der Waals surface area contributed by atoms with E-state index in [0.717, 1.165) is 37.5 Å². The Morgan fingerprint density at radius 2 is 2.24 bits per heavy atom. The summed E-state index contributed by atoms with van der Waals surface area (Å²) in [4.78, 5) is 4.25. The lowest BCUT2D eigenvalue weighted by Gasteiger charge is -2.18. The largest absolute Gasteiger partial charge is 0.383 e. The van der Waals surface area contributed by atoms with Gasteiger partial charge in [0.25, 0.3) is 0 Å². The fraction of sp³-hybridized carbons (Fsp3) is 0.615. The van der Waals surface area contributed by atoms with Gasteiger partial charge < -0.3 is 15.4 Å². The highest BCUT2D eigenvalue weighted by Gasteiger charge is 2.07. The first-order valence-electron chi connectivity index (χ1n) is 6.25. The molecule has 0 bridgehead atoms. The summed E-state index contributed by atoms with van der Waals surface area (Å²) in [5.74, 6) is 0.908. The molecule has 0 aliphatic rings. The van der Waals surface area contributed by atoms with Crippen LogP contribution in [0.25, 0.3) is 0 Å². The van der Waals surface area contributed by atoms with E-state index in [1.54, 1.807) is 7.11 Å². The number of aromatic nitrogens is 1. The molecule has 1 unspecified atom stereocenters. The van der Waals surface area contributed by atoms with Gasteiger partial charge in [-0.1, -0.05) is 13.3 Å². The highest BCUT2D eigenvalue weighted by molar-refractivity contribution is 5.52. The quantitative estimate of drug-likeness (QED) is 0.730. The van der Waals surface area contributed by atoms with E-state index in [1.165, 1.54) is 0 Å². The van der Waals surface area contributed by atoms with E-state index in [9.17, 15) is 0 Å². The number of pyridine rings is 1. The summed E-state index contributed by atoms with van der Waals surface area (Å²) >= 11 is 0. The molecule has 0 aliphatic heterocycles. The molecule has 0 amide bonds. The maximum absolute atomic E-state index is 5.21. The summed E-state index contributed by atoms with van der Waals surface area (Å²) in [6, 6.07) is 4.38. The minimum Gasteiger partial charge on any atom is -0.383 e. The minimum absolute atomic E-state index is 0.363. The zero-order valence-electron chi connectivity index (χ0n) is 11.0. The summed E-state index contributed by atoms with van der Waals surface area (Å²) < 4.78 is 5.21. The molecule has 2 N–H and O–H groups in total. The molecule has 0 spiro atoms. The van der Waals surface area contributed by atoms with Crippen LogP contribution in [0.15, 0.2) is 18.3 Å². The third kappa shape index (κ3) is 5.04. The Bertz CT molecular complexity index is 311. The first-order chi connectivity index (χ1) is 8.30. The standard InChI is InChI=1S/C13H23N3O/c1-4-6-12(10-17-3)16-11-7-8-15-13(9-11)14-5-2/h7-9,12H,4-6,10H2,1-3H3,(H2,14,15,16). The summed E-state index contributed by atoms with van der Waals surface area (Å²) in [5.41, 5.74) is 1.09. The second-order valence-electron chi connectivity index (χ2n) is 4.05. The molecule has 0 radical (unpaired) electrons. The molecule has 0 aromatic carbocycles. The Hall–Kier alpha value is -1.29. The van der Waals surface area contributed by atoms with Crippen molar-refractivity contribution in [2.45, 2.75) is 32.7 Å². The van der Waals surface area contributed by atoms with Crippen molar-refractivity contribution in [1.29, 1.82) is 0 Å². The molecule has 17 heavy (non-hydrogen) atoms. The Balaban J connectivity index is 2.60. The van der Waals surface area contributed by atoms with Crippen molar-refractivity contribution in [3.63, 3.8) is 0 Å². The van der Waals surface area contributed by atoms with Crippen LogP contribution in [0, 0.1) is 0 Å². The zero-order valence-corrected chi connectivity index (χ0v) is 11.0. The third-order valence-electron chi connectivity index (χ3n) is 2.49. The smallest absolute Gasteiger partial charge is 0.127 e. The summed E-state index contributed by atoms with van der Waals surface area (Å²) in [5, 5.41) is 6.68. The Labute approximate surface area is 104 Å². The molecule has 0 saturated heterocycles. The normalized spacial score (nSPS) is 12.2. The number of hydrogen-bond donors (Lipinski definition) is 2. The lowest BCUT2D eigenvalue weighted by Crippen LogP contribution is -2.24. The van der Waals surface area contributed by atoms with Crippen molar-refractivity contribution < 1.29 is 4.74 Å². The summed E-state index contributed by atoms with van der Waals surface area (Å²) in [6.07, 6.45) is 4.06. The predicted molar refractivity (Wildman–Crippen MR) is 72.6 cm³/mol. The molecule has 1 rings (SSSR count). The molecule has 1 aromatic rings. The molecule has 0 fully saturated rings. The molecule has 1 atom stereocenters. The van der Waals surface area contributed by atoms with Crippen molar-refractivity contribution in [2.75, 3.05) is 30.9 Å². The molecule has 4 nitrogen and oxygen atoms in total. The van der Waals surface area contributed by atoms with Crippen molar-refractivity contribution in [3.05, 3.63) is 18.3 Å². The number of hydrogen-bond acceptors (Lipinski definition) is 4. The number of rotatable bonds is 8. The van der Waals surface area contributed by atoms with Crippen molar-refractivity contribution >= 4 is 11.5 Å². The number of nitrogens with one attached hydrogen (secondary N) is 2. The molecule has 0 saturated carbocycles. The van der Waals surface area contributed by atoms with E-state index in [4.69, 9.17) is 4.74 Å². The molecular weight excluding hydrogens is 214 g/mol. The third-order valence-corrected chi connectivity index (χ3v) is 2.49. The maximum atomic E-state index is 5.21. The Morgan fingerprint density at radius 1 is 1.41 bits per heavy atom.